The van der Waals surface area contributed by atoms with Crippen LogP contribution in [0.4, 0.5) is 0 Å². The first-order valence-electron chi connectivity index (χ1n) is 4.90. The highest BCUT2D eigenvalue weighted by Crippen LogP contribution is 2.08. The topological polar surface area (TPSA) is 95.5 Å². The minimum Gasteiger partial charge on any atom is -0.508 e. The number of rotatable bonds is 5. The Labute approximate surface area is 99.7 Å². The largest absolute Gasteiger partial charge is 0.508 e. The molecule has 0 aliphatic carbocycles. The van der Waals surface area contributed by atoms with Crippen molar-refractivity contribution in [2.24, 2.45) is 0 Å². The molecule has 0 fully saturated rings. The van der Waals surface area contributed by atoms with Crippen molar-refractivity contribution in [2.45, 2.75) is 0 Å². The third kappa shape index (κ3) is 5.32. The van der Waals surface area contributed by atoms with Gasteiger partial charge in [-0.3, -0.25) is 4.79 Å². The van der Waals surface area contributed by atoms with Crippen LogP contribution in [0, 0.1) is 0 Å². The minimum atomic E-state index is -3.23. The minimum absolute atomic E-state index is 0.0836. The Morgan fingerprint density at radius 2 is 1.82 bits per heavy atom. The molecule has 0 aromatic heterocycles. The Hall–Kier alpha value is -1.60. The van der Waals surface area contributed by atoms with Crippen LogP contribution in [0.15, 0.2) is 24.3 Å². The molecule has 1 amide bonds. The molecule has 1 aromatic carbocycles. The van der Waals surface area contributed by atoms with Crippen LogP contribution in [0.5, 0.6) is 5.75 Å². The fourth-order valence-corrected chi connectivity index (χ4v) is 1.60. The van der Waals surface area contributed by atoms with E-state index in [1.807, 2.05) is 0 Å². The van der Waals surface area contributed by atoms with Crippen molar-refractivity contribution in [2.75, 3.05) is 19.3 Å². The van der Waals surface area contributed by atoms with Gasteiger partial charge in [-0.1, -0.05) is 0 Å². The zero-order valence-electron chi connectivity index (χ0n) is 9.30. The van der Waals surface area contributed by atoms with E-state index in [1.54, 1.807) is 0 Å². The molecule has 0 radical (unpaired) electrons. The van der Waals surface area contributed by atoms with Gasteiger partial charge in [0.25, 0.3) is 5.91 Å². The van der Waals surface area contributed by atoms with E-state index >= 15 is 0 Å². The summed E-state index contributed by atoms with van der Waals surface area (Å²) in [6.45, 7) is 0.343. The van der Waals surface area contributed by atoms with Gasteiger partial charge in [-0.15, -0.1) is 0 Å². The molecule has 0 saturated carbocycles. The maximum atomic E-state index is 11.5. The second-order valence-corrected chi connectivity index (χ2v) is 5.30. The number of phenolic OH excluding ortho intramolecular Hbond substituents is 1. The van der Waals surface area contributed by atoms with Crippen LogP contribution >= 0.6 is 0 Å². The van der Waals surface area contributed by atoms with Crippen LogP contribution < -0.4 is 10.0 Å². The monoisotopic (exact) mass is 258 g/mol. The van der Waals surface area contributed by atoms with Crippen LogP contribution in [0.25, 0.3) is 0 Å². The first-order chi connectivity index (χ1) is 7.88. The van der Waals surface area contributed by atoms with E-state index in [2.05, 4.69) is 10.0 Å². The summed E-state index contributed by atoms with van der Waals surface area (Å²) in [5.74, 6) is -0.236. The predicted molar refractivity (Wildman–Crippen MR) is 63.3 cm³/mol. The van der Waals surface area contributed by atoms with Gasteiger partial charge in [0.2, 0.25) is 10.0 Å². The Bertz CT molecular complexity index is 482. The molecule has 0 aliphatic heterocycles. The highest BCUT2D eigenvalue weighted by atomic mass is 32.2. The van der Waals surface area contributed by atoms with Gasteiger partial charge in [-0.05, 0) is 24.3 Å². The summed E-state index contributed by atoms with van der Waals surface area (Å²) in [5, 5.41) is 11.6. The molecule has 0 saturated heterocycles. The van der Waals surface area contributed by atoms with Crippen molar-refractivity contribution in [3.63, 3.8) is 0 Å². The molecule has 0 atom stereocenters. The van der Waals surface area contributed by atoms with Gasteiger partial charge in [0.15, 0.2) is 0 Å². The van der Waals surface area contributed by atoms with Crippen LogP contribution in [-0.4, -0.2) is 38.8 Å². The van der Waals surface area contributed by atoms with Crippen LogP contribution in [-0.2, 0) is 10.0 Å². The lowest BCUT2D eigenvalue weighted by Gasteiger charge is -2.05. The standard InChI is InChI=1S/C10H14N2O4S/c1-17(15,16)12-7-6-11-10(14)8-2-4-9(13)5-3-8/h2-5,12-13H,6-7H2,1H3,(H,11,14). The van der Waals surface area contributed by atoms with E-state index in [0.29, 0.717) is 5.56 Å². The highest BCUT2D eigenvalue weighted by molar-refractivity contribution is 7.88. The fourth-order valence-electron chi connectivity index (χ4n) is 1.13. The number of hydrogen-bond donors (Lipinski definition) is 3. The maximum Gasteiger partial charge on any atom is 0.251 e. The molecule has 1 aromatic rings. The number of carbonyl (C=O) groups is 1. The highest BCUT2D eigenvalue weighted by Gasteiger charge is 2.05. The van der Waals surface area contributed by atoms with Crippen molar-refractivity contribution in [3.8, 4) is 5.75 Å². The zero-order valence-corrected chi connectivity index (χ0v) is 10.1. The molecular weight excluding hydrogens is 244 g/mol. The number of nitrogens with one attached hydrogen (secondary N) is 2. The molecule has 17 heavy (non-hydrogen) atoms. The van der Waals surface area contributed by atoms with Crippen molar-refractivity contribution < 1.29 is 18.3 Å². The molecule has 0 bridgehead atoms. The van der Waals surface area contributed by atoms with E-state index < -0.39 is 10.0 Å². The number of aromatic hydroxyl groups is 1. The molecule has 0 aliphatic rings. The number of hydrogen-bond acceptors (Lipinski definition) is 4. The number of phenols is 1. The molecule has 7 heteroatoms. The average molecular weight is 258 g/mol. The summed E-state index contributed by atoms with van der Waals surface area (Å²) >= 11 is 0. The summed E-state index contributed by atoms with van der Waals surface area (Å²) in [4.78, 5) is 11.5. The lowest BCUT2D eigenvalue weighted by atomic mass is 10.2. The summed E-state index contributed by atoms with van der Waals surface area (Å²) in [7, 11) is -3.23. The van der Waals surface area contributed by atoms with Gasteiger partial charge < -0.3 is 10.4 Å². The van der Waals surface area contributed by atoms with Gasteiger partial charge in [0.05, 0.1) is 6.26 Å². The van der Waals surface area contributed by atoms with Crippen molar-refractivity contribution >= 4 is 15.9 Å². The number of benzene rings is 1. The summed E-state index contributed by atoms with van der Waals surface area (Å²) < 4.78 is 23.7. The molecular formula is C10H14N2O4S. The quantitative estimate of drug-likeness (QED) is 0.630. The second-order valence-electron chi connectivity index (χ2n) is 3.47. The van der Waals surface area contributed by atoms with E-state index in [0.717, 1.165) is 6.26 Å². The summed E-state index contributed by atoms with van der Waals surface area (Å²) in [6, 6.07) is 5.77. The molecule has 94 valence electrons. The maximum absolute atomic E-state index is 11.5. The lowest BCUT2D eigenvalue weighted by molar-refractivity contribution is 0.0954. The van der Waals surface area contributed by atoms with Crippen LogP contribution in [0.3, 0.4) is 0 Å². The van der Waals surface area contributed by atoms with Crippen molar-refractivity contribution in [1.82, 2.24) is 10.0 Å². The Morgan fingerprint density at radius 3 is 2.35 bits per heavy atom. The van der Waals surface area contributed by atoms with Crippen molar-refractivity contribution in [3.05, 3.63) is 29.8 Å². The SMILES string of the molecule is CS(=O)(=O)NCCNC(=O)c1ccc(O)cc1. The molecule has 3 N–H and O–H groups in total. The summed E-state index contributed by atoms with van der Waals surface area (Å²) in [6.07, 6.45) is 1.05. The third-order valence-corrected chi connectivity index (χ3v) is 2.63. The van der Waals surface area contributed by atoms with E-state index in [4.69, 9.17) is 5.11 Å². The number of sulfonamides is 1. The van der Waals surface area contributed by atoms with Gasteiger partial charge in [-0.2, -0.15) is 0 Å². The lowest BCUT2D eigenvalue weighted by Crippen LogP contribution is -2.34. The number of carbonyl (C=O) groups excluding carboxylic acids is 1. The first-order valence-corrected chi connectivity index (χ1v) is 6.79. The van der Waals surface area contributed by atoms with E-state index in [1.165, 1.54) is 24.3 Å². The van der Waals surface area contributed by atoms with Crippen molar-refractivity contribution in [1.29, 1.82) is 0 Å². The smallest absolute Gasteiger partial charge is 0.251 e. The number of amides is 1. The zero-order chi connectivity index (χ0) is 12.9. The van der Waals surface area contributed by atoms with Gasteiger partial charge in [-0.25, -0.2) is 13.1 Å². The second kappa shape index (κ2) is 5.65. The molecule has 1 rings (SSSR count). The molecule has 6 nitrogen and oxygen atoms in total. The third-order valence-electron chi connectivity index (χ3n) is 1.90. The fraction of sp³-hybridized carbons (Fsp3) is 0.300. The van der Waals surface area contributed by atoms with Crippen LogP contribution in [0.1, 0.15) is 10.4 Å². The molecule has 0 heterocycles. The predicted octanol–water partition coefficient (Wildman–Crippen LogP) is -0.329. The normalized spacial score (nSPS) is 11.1. The first kappa shape index (κ1) is 13.5. The van der Waals surface area contributed by atoms with Gasteiger partial charge >= 0.3 is 0 Å². The Kier molecular flexibility index (Phi) is 4.47. The van der Waals surface area contributed by atoms with Gasteiger partial charge in [0, 0.05) is 18.7 Å². The van der Waals surface area contributed by atoms with Gasteiger partial charge in [0.1, 0.15) is 5.75 Å². The van der Waals surface area contributed by atoms with E-state index in [9.17, 15) is 13.2 Å². The molecule has 0 unspecified atom stereocenters. The van der Waals surface area contributed by atoms with E-state index in [-0.39, 0.29) is 24.7 Å². The Balaban J connectivity index is 2.38. The molecule has 0 spiro atoms. The Morgan fingerprint density at radius 1 is 1.24 bits per heavy atom. The van der Waals surface area contributed by atoms with Crippen LogP contribution in [0.2, 0.25) is 0 Å². The summed E-state index contributed by atoms with van der Waals surface area (Å²) in [5.41, 5.74) is 0.405. The average Bonchev–Trinajstić information content (AvgIpc) is 2.24.